The average molecular weight is 492 g/mol. The second kappa shape index (κ2) is 21.7. The number of hydrogen-bond acceptors (Lipinski definition) is 3. The van der Waals surface area contributed by atoms with Crippen LogP contribution in [0.4, 0.5) is 0 Å². The lowest BCUT2D eigenvalue weighted by atomic mass is 9.87. The maximum absolute atomic E-state index is 3.41. The first-order chi connectivity index (χ1) is 17.1. The van der Waals surface area contributed by atoms with Gasteiger partial charge >= 0.3 is 0 Å². The van der Waals surface area contributed by atoms with Gasteiger partial charge in [0.1, 0.15) is 0 Å². The van der Waals surface area contributed by atoms with E-state index in [1.165, 1.54) is 129 Å². The normalized spacial score (nSPS) is 24.0. The fraction of sp³-hybridized carbons (Fsp3) is 0.938. The molecule has 2 unspecified atom stereocenters. The second-order valence-corrected chi connectivity index (χ2v) is 11.6. The van der Waals surface area contributed by atoms with Gasteiger partial charge in [-0.3, -0.25) is 0 Å². The Kier molecular flexibility index (Phi) is 20.2. The highest BCUT2D eigenvalue weighted by Gasteiger charge is 2.21. The molecule has 1 aliphatic carbocycles. The van der Waals surface area contributed by atoms with Gasteiger partial charge in [-0.2, -0.15) is 0 Å². The first-order valence-corrected chi connectivity index (χ1v) is 15.9. The Morgan fingerprint density at radius 3 is 1.77 bits per heavy atom. The summed E-state index contributed by atoms with van der Waals surface area (Å²) in [6.07, 6.45) is 21.6. The molecular formula is C32H65N3. The Morgan fingerprint density at radius 2 is 1.29 bits per heavy atom. The Bertz CT molecular complexity index is 471. The average Bonchev–Trinajstić information content (AvgIpc) is 2.88. The van der Waals surface area contributed by atoms with E-state index in [1.807, 2.05) is 0 Å². The van der Waals surface area contributed by atoms with Gasteiger partial charge < -0.3 is 15.1 Å². The van der Waals surface area contributed by atoms with Crippen molar-refractivity contribution in [3.8, 4) is 0 Å². The predicted molar refractivity (Wildman–Crippen MR) is 158 cm³/mol. The van der Waals surface area contributed by atoms with E-state index in [1.54, 1.807) is 0 Å². The van der Waals surface area contributed by atoms with Gasteiger partial charge in [-0.15, -0.1) is 0 Å². The summed E-state index contributed by atoms with van der Waals surface area (Å²) in [4.78, 5) is 5.35. The van der Waals surface area contributed by atoms with E-state index in [4.69, 9.17) is 0 Å². The summed E-state index contributed by atoms with van der Waals surface area (Å²) in [6, 6.07) is 0. The Hall–Kier alpha value is -0.380. The summed E-state index contributed by atoms with van der Waals surface area (Å²) in [5.41, 5.74) is 0. The minimum atomic E-state index is 0.825. The summed E-state index contributed by atoms with van der Waals surface area (Å²) in [5.74, 6) is 3.69. The van der Waals surface area contributed by atoms with Crippen LogP contribution < -0.4 is 5.32 Å². The third-order valence-corrected chi connectivity index (χ3v) is 8.10. The van der Waals surface area contributed by atoms with Crippen molar-refractivity contribution in [2.75, 3.05) is 52.4 Å². The minimum Gasteiger partial charge on any atom is -0.314 e. The van der Waals surface area contributed by atoms with Crippen LogP contribution in [0.3, 0.4) is 0 Å². The quantitative estimate of drug-likeness (QED) is 0.295. The molecule has 35 heavy (non-hydrogen) atoms. The molecule has 3 nitrogen and oxygen atoms in total. The fourth-order valence-electron chi connectivity index (χ4n) is 6.03. The smallest absolute Gasteiger partial charge is 0.0108 e. The van der Waals surface area contributed by atoms with Crippen molar-refractivity contribution in [2.24, 2.45) is 23.7 Å². The monoisotopic (exact) mass is 492 g/mol. The first-order valence-electron chi connectivity index (χ1n) is 15.9. The van der Waals surface area contributed by atoms with Crippen molar-refractivity contribution < 1.29 is 0 Å². The SMILES string of the molecule is CCC.CCC1C=CC(CN2CCNCC2)CC1.CCCC1CCN(CC(CCC)CCC)CC1. The van der Waals surface area contributed by atoms with Crippen LogP contribution in [0, 0.1) is 23.7 Å². The number of piperazine rings is 1. The molecule has 0 aromatic rings. The zero-order chi connectivity index (χ0) is 25.7. The van der Waals surface area contributed by atoms with Gasteiger partial charge in [0, 0.05) is 39.3 Å². The number of rotatable bonds is 11. The molecule has 2 fully saturated rings. The van der Waals surface area contributed by atoms with Gasteiger partial charge in [0.2, 0.25) is 0 Å². The van der Waals surface area contributed by atoms with Crippen molar-refractivity contribution in [3.63, 3.8) is 0 Å². The highest BCUT2D eigenvalue weighted by molar-refractivity contribution is 4.98. The number of hydrogen-bond donors (Lipinski definition) is 1. The summed E-state index contributed by atoms with van der Waals surface area (Å²) in [5, 5.41) is 3.41. The van der Waals surface area contributed by atoms with Gasteiger partial charge in [-0.05, 0) is 81.7 Å². The maximum atomic E-state index is 3.41. The topological polar surface area (TPSA) is 18.5 Å². The molecule has 1 N–H and O–H groups in total. The number of piperidine rings is 1. The molecule has 3 aliphatic rings. The number of allylic oxidation sites excluding steroid dienone is 1. The lowest BCUT2D eigenvalue weighted by Gasteiger charge is -2.34. The second-order valence-electron chi connectivity index (χ2n) is 11.6. The highest BCUT2D eigenvalue weighted by atomic mass is 15.2. The van der Waals surface area contributed by atoms with Gasteiger partial charge in [0.25, 0.3) is 0 Å². The van der Waals surface area contributed by atoms with E-state index < -0.39 is 0 Å². The molecule has 2 heterocycles. The van der Waals surface area contributed by atoms with Crippen LogP contribution in [0.15, 0.2) is 12.2 Å². The number of nitrogens with one attached hydrogen (secondary N) is 1. The minimum absolute atomic E-state index is 0.825. The molecule has 2 atom stereocenters. The van der Waals surface area contributed by atoms with Crippen LogP contribution in [-0.2, 0) is 0 Å². The Balaban J connectivity index is 0.000000316. The van der Waals surface area contributed by atoms with E-state index in [-0.39, 0.29) is 0 Å². The van der Waals surface area contributed by atoms with Gasteiger partial charge in [-0.1, -0.05) is 85.8 Å². The molecular weight excluding hydrogens is 426 g/mol. The van der Waals surface area contributed by atoms with Crippen LogP contribution in [-0.4, -0.2) is 62.2 Å². The molecule has 0 bridgehead atoms. The van der Waals surface area contributed by atoms with Crippen LogP contribution >= 0.6 is 0 Å². The summed E-state index contributed by atoms with van der Waals surface area (Å²) in [7, 11) is 0. The molecule has 3 heteroatoms. The highest BCUT2D eigenvalue weighted by Crippen LogP contribution is 2.25. The van der Waals surface area contributed by atoms with Crippen LogP contribution in [0.5, 0.6) is 0 Å². The van der Waals surface area contributed by atoms with E-state index in [9.17, 15) is 0 Å². The molecule has 0 aromatic carbocycles. The molecule has 0 spiro atoms. The predicted octanol–water partition coefficient (Wildman–Crippen LogP) is 8.02. The van der Waals surface area contributed by atoms with Gasteiger partial charge in [0.15, 0.2) is 0 Å². The van der Waals surface area contributed by atoms with Crippen LogP contribution in [0.2, 0.25) is 0 Å². The summed E-state index contributed by atoms with van der Waals surface area (Å²) < 4.78 is 0. The van der Waals surface area contributed by atoms with Crippen molar-refractivity contribution >= 4 is 0 Å². The van der Waals surface area contributed by atoms with E-state index in [0.29, 0.717) is 0 Å². The number of likely N-dealkylation sites (tertiary alicyclic amines) is 1. The first kappa shape index (κ1) is 32.6. The molecule has 0 radical (unpaired) electrons. The van der Waals surface area contributed by atoms with E-state index >= 15 is 0 Å². The zero-order valence-electron chi connectivity index (χ0n) is 25.0. The molecule has 3 rings (SSSR count). The summed E-state index contributed by atoms with van der Waals surface area (Å²) in [6.45, 7) is 23.8. The van der Waals surface area contributed by atoms with Gasteiger partial charge in [0.05, 0.1) is 0 Å². The lowest BCUT2D eigenvalue weighted by molar-refractivity contribution is 0.149. The van der Waals surface area contributed by atoms with Crippen molar-refractivity contribution in [3.05, 3.63) is 12.2 Å². The third kappa shape index (κ3) is 15.5. The molecule has 0 amide bonds. The van der Waals surface area contributed by atoms with E-state index in [0.717, 1.165) is 23.7 Å². The van der Waals surface area contributed by atoms with Gasteiger partial charge in [-0.25, -0.2) is 0 Å². The largest absolute Gasteiger partial charge is 0.314 e. The molecule has 2 saturated heterocycles. The lowest BCUT2D eigenvalue weighted by Crippen LogP contribution is -2.45. The molecule has 2 aliphatic heterocycles. The van der Waals surface area contributed by atoms with Crippen LogP contribution in [0.25, 0.3) is 0 Å². The van der Waals surface area contributed by atoms with Crippen LogP contribution in [0.1, 0.15) is 119 Å². The molecule has 0 aromatic heterocycles. The summed E-state index contributed by atoms with van der Waals surface area (Å²) >= 11 is 0. The number of nitrogens with zero attached hydrogens (tertiary/aromatic N) is 2. The molecule has 208 valence electrons. The third-order valence-electron chi connectivity index (χ3n) is 8.10. The van der Waals surface area contributed by atoms with Crippen molar-refractivity contribution in [2.45, 2.75) is 119 Å². The maximum Gasteiger partial charge on any atom is 0.0108 e. The standard InChI is InChI=1S/C16H33N.C13H24N2.C3H8/c1-4-7-15-10-12-17(13-11-15)14-16(8-5-2)9-6-3;1-2-12-3-5-13(6-4-12)11-15-9-7-14-8-10-15;1-3-2/h15-16H,4-14H2,1-3H3;3,5,12-14H,2,4,6-11H2,1H3;3H2,1-2H3. The van der Waals surface area contributed by atoms with E-state index in [2.05, 4.69) is 68.8 Å². The van der Waals surface area contributed by atoms with Crippen molar-refractivity contribution in [1.29, 1.82) is 0 Å². The Morgan fingerprint density at radius 1 is 0.714 bits per heavy atom. The zero-order valence-corrected chi connectivity index (χ0v) is 25.0. The fourth-order valence-corrected chi connectivity index (χ4v) is 6.03. The Labute approximate surface area is 221 Å². The van der Waals surface area contributed by atoms with Crippen molar-refractivity contribution in [1.82, 2.24) is 15.1 Å². The molecule has 0 saturated carbocycles.